The number of hydrogen-bond donors (Lipinski definition) is 0. The molecule has 1 aromatic carbocycles. The lowest BCUT2D eigenvalue weighted by Gasteiger charge is -2.33. The molecule has 2 heterocycles. The Morgan fingerprint density at radius 2 is 1.86 bits per heavy atom. The molecule has 1 fully saturated rings. The van der Waals surface area contributed by atoms with Gasteiger partial charge < -0.3 is 18.8 Å². The Bertz CT molecular complexity index is 835. The third-order valence-corrected chi connectivity index (χ3v) is 5.16. The molecule has 1 aromatic heterocycles. The van der Waals surface area contributed by atoms with E-state index in [1.54, 1.807) is 12.0 Å². The number of nitrogens with zero attached hydrogens (tertiary/aromatic N) is 3. The van der Waals surface area contributed by atoms with E-state index in [-0.39, 0.29) is 18.3 Å². The molecule has 1 amide bonds. The molecule has 0 saturated carbocycles. The zero-order valence-corrected chi connectivity index (χ0v) is 16.9. The number of amides is 1. The van der Waals surface area contributed by atoms with Crippen molar-refractivity contribution in [3.05, 3.63) is 41.6 Å². The highest BCUT2D eigenvalue weighted by Crippen LogP contribution is 2.21. The molecule has 1 aliphatic rings. The summed E-state index contributed by atoms with van der Waals surface area (Å²) >= 11 is 0. The van der Waals surface area contributed by atoms with Crippen molar-refractivity contribution >= 4 is 11.9 Å². The number of hydrogen-bond acceptors (Lipinski definition) is 7. The maximum Gasteiger partial charge on any atom is 0.328 e. The van der Waals surface area contributed by atoms with Crippen molar-refractivity contribution in [1.29, 1.82) is 0 Å². The van der Waals surface area contributed by atoms with Crippen LogP contribution < -0.4 is 4.74 Å². The van der Waals surface area contributed by atoms with E-state index in [1.807, 2.05) is 24.3 Å². The Morgan fingerprint density at radius 3 is 2.62 bits per heavy atom. The van der Waals surface area contributed by atoms with Gasteiger partial charge in [0.15, 0.2) is 0 Å². The third-order valence-electron chi connectivity index (χ3n) is 5.16. The molecule has 8 heteroatoms. The Labute approximate surface area is 170 Å². The van der Waals surface area contributed by atoms with Crippen LogP contribution in [0.15, 0.2) is 28.7 Å². The maximum absolute atomic E-state index is 12.6. The first-order chi connectivity index (χ1) is 14.1. The summed E-state index contributed by atoms with van der Waals surface area (Å²) in [5.41, 5.74) is 1.07. The van der Waals surface area contributed by atoms with Gasteiger partial charge in [-0.05, 0) is 37.3 Å². The van der Waals surface area contributed by atoms with Crippen molar-refractivity contribution < 1.29 is 23.5 Å². The molecule has 29 heavy (non-hydrogen) atoms. The number of aromatic nitrogens is 2. The van der Waals surface area contributed by atoms with Crippen molar-refractivity contribution in [3.8, 4) is 5.75 Å². The molecule has 2 aromatic rings. The van der Waals surface area contributed by atoms with E-state index in [0.29, 0.717) is 37.6 Å². The van der Waals surface area contributed by atoms with E-state index in [9.17, 15) is 9.59 Å². The molecule has 1 aliphatic heterocycles. The molecular weight excluding hydrogens is 374 g/mol. The number of likely N-dealkylation sites (tertiary alicyclic amines) is 1. The van der Waals surface area contributed by atoms with Crippen LogP contribution in [0, 0.1) is 0 Å². The second kappa shape index (κ2) is 10.0. The highest BCUT2D eigenvalue weighted by Gasteiger charge is 2.32. The van der Waals surface area contributed by atoms with E-state index in [4.69, 9.17) is 13.9 Å². The van der Waals surface area contributed by atoms with Gasteiger partial charge in [0.25, 0.3) is 0 Å². The van der Waals surface area contributed by atoms with Crippen molar-refractivity contribution in [1.82, 2.24) is 15.1 Å². The minimum absolute atomic E-state index is 0.0890. The Morgan fingerprint density at radius 1 is 1.10 bits per heavy atom. The van der Waals surface area contributed by atoms with E-state index in [1.165, 1.54) is 7.11 Å². The highest BCUT2D eigenvalue weighted by atomic mass is 16.5. The Hall–Kier alpha value is -2.90. The summed E-state index contributed by atoms with van der Waals surface area (Å²) in [5.74, 6) is 1.35. The molecule has 0 radical (unpaired) electrons. The van der Waals surface area contributed by atoms with Gasteiger partial charge in [0.2, 0.25) is 17.7 Å². The normalized spacial score (nSPS) is 16.5. The number of carbonyl (C=O) groups excluding carboxylic acids is 2. The van der Waals surface area contributed by atoms with Gasteiger partial charge in [-0.2, -0.15) is 0 Å². The van der Waals surface area contributed by atoms with E-state index in [0.717, 1.165) is 30.6 Å². The molecule has 3 rings (SSSR count). The number of benzene rings is 1. The summed E-state index contributed by atoms with van der Waals surface area (Å²) in [6.45, 7) is 0.576. The molecule has 0 bridgehead atoms. The van der Waals surface area contributed by atoms with Crippen LogP contribution in [0.1, 0.15) is 43.0 Å². The summed E-state index contributed by atoms with van der Waals surface area (Å²) in [7, 11) is 3.00. The van der Waals surface area contributed by atoms with Crippen LogP contribution in [0.2, 0.25) is 0 Å². The van der Waals surface area contributed by atoms with Gasteiger partial charge in [-0.25, -0.2) is 4.79 Å². The fraction of sp³-hybridized carbons (Fsp3) is 0.524. The largest absolute Gasteiger partial charge is 0.496 e. The zero-order chi connectivity index (χ0) is 20.6. The molecule has 0 N–H and O–H groups in total. The van der Waals surface area contributed by atoms with Gasteiger partial charge in [0.1, 0.15) is 11.8 Å². The van der Waals surface area contributed by atoms with Crippen molar-refractivity contribution in [3.63, 3.8) is 0 Å². The third kappa shape index (κ3) is 5.34. The van der Waals surface area contributed by atoms with Gasteiger partial charge in [0.05, 0.1) is 14.2 Å². The lowest BCUT2D eigenvalue weighted by Crippen LogP contribution is -2.48. The summed E-state index contributed by atoms with van der Waals surface area (Å²) in [5, 5.41) is 8.13. The van der Waals surface area contributed by atoms with Crippen LogP contribution in [-0.2, 0) is 33.6 Å². The van der Waals surface area contributed by atoms with Crippen molar-refractivity contribution in [2.45, 2.75) is 51.0 Å². The van der Waals surface area contributed by atoms with Crippen LogP contribution in [0.3, 0.4) is 0 Å². The summed E-state index contributed by atoms with van der Waals surface area (Å²) in [6.07, 6.45) is 4.35. The van der Waals surface area contributed by atoms with Crippen LogP contribution >= 0.6 is 0 Å². The Balaban J connectivity index is 1.52. The van der Waals surface area contributed by atoms with E-state index >= 15 is 0 Å². The molecule has 0 spiro atoms. The summed E-state index contributed by atoms with van der Waals surface area (Å²) in [6, 6.07) is 7.33. The maximum atomic E-state index is 12.6. The predicted octanol–water partition coefficient (Wildman–Crippen LogP) is 2.35. The first-order valence-corrected chi connectivity index (χ1v) is 9.92. The predicted molar refractivity (Wildman–Crippen MR) is 104 cm³/mol. The van der Waals surface area contributed by atoms with E-state index in [2.05, 4.69) is 10.2 Å². The number of para-hydroxylation sites is 1. The fourth-order valence-electron chi connectivity index (χ4n) is 3.61. The molecule has 0 aliphatic carbocycles. The van der Waals surface area contributed by atoms with Gasteiger partial charge in [0, 0.05) is 25.8 Å². The lowest BCUT2D eigenvalue weighted by molar-refractivity contribution is -0.154. The average molecular weight is 401 g/mol. The molecule has 1 unspecified atom stereocenters. The number of carbonyl (C=O) groups is 2. The first-order valence-electron chi connectivity index (χ1n) is 9.92. The number of piperidine rings is 1. The number of ether oxygens (including phenoxy) is 2. The second-order valence-electron chi connectivity index (χ2n) is 7.02. The summed E-state index contributed by atoms with van der Waals surface area (Å²) < 4.78 is 15.9. The Kier molecular flexibility index (Phi) is 7.21. The molecule has 1 saturated heterocycles. The van der Waals surface area contributed by atoms with Crippen LogP contribution in [0.4, 0.5) is 0 Å². The number of rotatable bonds is 8. The van der Waals surface area contributed by atoms with Gasteiger partial charge in [-0.3, -0.25) is 4.79 Å². The van der Waals surface area contributed by atoms with Gasteiger partial charge >= 0.3 is 5.97 Å². The standard InChI is InChI=1S/C21H27N3O5/c1-27-17-9-4-3-7-15(17)10-11-18-22-23-19(29-18)12-13-20(25)24-14-6-5-8-16(24)21(26)28-2/h3-4,7,9,16H,5-6,8,10-14H2,1-2H3. The molecular formula is C21H27N3O5. The molecule has 156 valence electrons. The minimum atomic E-state index is -0.486. The number of methoxy groups -OCH3 is 2. The van der Waals surface area contributed by atoms with Crippen LogP contribution in [0.25, 0.3) is 0 Å². The topological polar surface area (TPSA) is 94.8 Å². The smallest absolute Gasteiger partial charge is 0.328 e. The van der Waals surface area contributed by atoms with Crippen molar-refractivity contribution in [2.75, 3.05) is 20.8 Å². The fourth-order valence-corrected chi connectivity index (χ4v) is 3.61. The minimum Gasteiger partial charge on any atom is -0.496 e. The molecule has 8 nitrogen and oxygen atoms in total. The second-order valence-corrected chi connectivity index (χ2v) is 7.02. The van der Waals surface area contributed by atoms with Crippen molar-refractivity contribution in [2.24, 2.45) is 0 Å². The lowest BCUT2D eigenvalue weighted by atomic mass is 10.0. The quantitative estimate of drug-likeness (QED) is 0.627. The number of esters is 1. The highest BCUT2D eigenvalue weighted by molar-refractivity contribution is 5.84. The van der Waals surface area contributed by atoms with Gasteiger partial charge in [-0.15, -0.1) is 10.2 Å². The van der Waals surface area contributed by atoms with Crippen LogP contribution in [-0.4, -0.2) is 53.8 Å². The SMILES string of the molecule is COC(=O)C1CCCCN1C(=O)CCc1nnc(CCc2ccccc2OC)o1. The van der Waals surface area contributed by atoms with Crippen LogP contribution in [0.5, 0.6) is 5.75 Å². The van der Waals surface area contributed by atoms with Gasteiger partial charge in [-0.1, -0.05) is 18.2 Å². The number of aryl methyl sites for hydroxylation is 3. The zero-order valence-electron chi connectivity index (χ0n) is 16.9. The van der Waals surface area contributed by atoms with E-state index < -0.39 is 6.04 Å². The average Bonchev–Trinajstić information content (AvgIpc) is 3.23. The monoisotopic (exact) mass is 401 g/mol. The molecule has 1 atom stereocenters. The summed E-state index contributed by atoms with van der Waals surface area (Å²) in [4.78, 5) is 26.2. The first kappa shape index (κ1) is 20.8.